The van der Waals surface area contributed by atoms with Gasteiger partial charge in [-0.1, -0.05) is 100 Å². The summed E-state index contributed by atoms with van der Waals surface area (Å²) in [5.74, 6) is -4.52. The molecule has 0 bridgehead atoms. The number of rotatable bonds is 32. The van der Waals surface area contributed by atoms with Gasteiger partial charge in [-0.3, -0.25) is 38.8 Å². The number of aryl methyl sites for hydroxylation is 8. The van der Waals surface area contributed by atoms with Gasteiger partial charge in [0, 0.05) is 257 Å². The van der Waals surface area contributed by atoms with Crippen molar-refractivity contribution in [1.29, 1.82) is 0 Å². The van der Waals surface area contributed by atoms with Crippen molar-refractivity contribution in [3.8, 4) is 0 Å². The highest BCUT2D eigenvalue weighted by atomic mass is 16.5. The number of nitrogens with zero attached hydrogens (tertiary/aromatic N) is 24. The summed E-state index contributed by atoms with van der Waals surface area (Å²) in [6, 6.07) is -3.32. The van der Waals surface area contributed by atoms with E-state index in [1.807, 2.05) is 0 Å². The average molecular weight is 1650 g/mol. The lowest BCUT2D eigenvalue weighted by molar-refractivity contribution is -0.129. The van der Waals surface area contributed by atoms with E-state index in [1.54, 1.807) is 40.7 Å². The second kappa shape index (κ2) is 43.2. The topological polar surface area (TPSA) is 342 Å². The summed E-state index contributed by atoms with van der Waals surface area (Å²) in [6.45, 7) is -22.8. The summed E-state index contributed by atoms with van der Waals surface area (Å²) >= 11 is 0. The SMILES string of the molecule is [2H]C([2H])([2H])OC1(N(C(=O)C([2H])([2H])C([2H])([2H])[2H])c2ccccc2)CCN(C([2H])([2H])C([2H])([2H])n2nnn(CC)c2=O)CC1.[2H]c1c([2H])c([2H])c(N(C(=O)C([2H])([2H])C)C2(OC)CCN(C([2H])([2H])C([2H])([2H])n3nnn(CC)c3=O)CC2)c([2H])c1[2H].[2H]c1c([2H])c([2H])c(N(C(=O)CC([2H])([2H])[2H])C2(OC)CCN(C([2H])([2H])C([2H])([2H])n3nnn(CC)c3=O)CC2)c([2H])c1[2H].[2H]c1c([2H])c([2H])c(N(C(=O)CC)C2(OC)CCN(C([2H])([2H])C([2H])([2H])n3nnn(CC)c3=O)CC2)c([2H])c1[2H]. The molecule has 4 amide bonds. The normalized spacial score (nSPS) is 23.7. The molecule has 0 atom stereocenters. The molecular formula is C80H120N24O12. The molecule has 0 N–H and O–H groups in total. The van der Waals surface area contributed by atoms with E-state index in [2.05, 4.69) is 41.7 Å². The number of anilines is 4. The van der Waals surface area contributed by atoms with Crippen LogP contribution in [0.2, 0.25) is 0 Å². The fourth-order valence-electron chi connectivity index (χ4n) is 12.6. The van der Waals surface area contributed by atoms with E-state index in [1.165, 1.54) is 45.6 Å². The molecule has 8 aromatic rings. The number of benzene rings is 4. The second-order valence-electron chi connectivity index (χ2n) is 25.2. The molecular weight excluding hydrogens is 1490 g/mol. The summed E-state index contributed by atoms with van der Waals surface area (Å²) in [4.78, 5) is 111. The number of carbonyl (C=O) groups excluding carboxylic acids is 4. The largest absolute Gasteiger partial charge is 0.363 e. The highest BCUT2D eigenvalue weighted by Crippen LogP contribution is 2.39. The Morgan fingerprint density at radius 2 is 0.621 bits per heavy atom. The molecule has 0 saturated carbocycles. The predicted octanol–water partition coefficient (Wildman–Crippen LogP) is 5.37. The number of methoxy groups -OCH3 is 4. The van der Waals surface area contributed by atoms with E-state index in [-0.39, 0.29) is 126 Å². The smallest absolute Gasteiger partial charge is 0.358 e. The number of para-hydroxylation sites is 4. The number of aromatic nitrogens is 16. The van der Waals surface area contributed by atoms with Gasteiger partial charge in [0.15, 0.2) is 0 Å². The first-order chi connectivity index (χ1) is 73.3. The van der Waals surface area contributed by atoms with Gasteiger partial charge in [-0.25, -0.2) is 19.2 Å². The molecule has 36 nitrogen and oxygen atoms in total. The Kier molecular flexibility index (Phi) is 17.4. The molecule has 0 radical (unpaired) electrons. The van der Waals surface area contributed by atoms with Crippen molar-refractivity contribution in [2.75, 3.05) is 126 Å². The Balaban J connectivity index is 0.000000235. The van der Waals surface area contributed by atoms with Crippen LogP contribution in [0.5, 0.6) is 0 Å². The number of tetrazole rings is 4. The predicted molar refractivity (Wildman–Crippen MR) is 438 cm³/mol. The standard InChI is InChI=1S/4C20H30N6O3/c4*1-4-18(27)26(17-9-7-6-8-10-17)20(29-3)11-13-23(14-12-20)15-16-25-19(28)24(5-2)21-22-25/h4*6-10H,4-5,11-16H2,1-3H3/i4D2,6D,7D,8D,9D,10D,15D2,16D2;1D3,6D,7D,8D,9D,10D,15D2,16D2;6D,7D,8D,9D,10D,15D2,16D2;1D3,3D3,4D2,15D2,16D2. The van der Waals surface area contributed by atoms with Gasteiger partial charge in [-0.2, -0.15) is 37.5 Å². The second-order valence-corrected chi connectivity index (χ2v) is 25.2. The molecule has 4 aromatic heterocycles. The van der Waals surface area contributed by atoms with E-state index < -0.39 is 289 Å². The average Bonchev–Trinajstić information content (AvgIpc) is 0.822. The third-order valence-electron chi connectivity index (χ3n) is 19.0. The summed E-state index contributed by atoms with van der Waals surface area (Å²) in [7, 11) is 0.503. The zero-order valence-electron chi connectivity index (χ0n) is 109. The number of piperidine rings is 4. The van der Waals surface area contributed by atoms with Crippen molar-refractivity contribution >= 4 is 46.4 Å². The lowest BCUT2D eigenvalue weighted by atomic mass is 9.96. The van der Waals surface area contributed by atoms with Crippen LogP contribution in [-0.4, -0.2) is 252 Å². The van der Waals surface area contributed by atoms with Gasteiger partial charge < -0.3 is 38.5 Å². The fraction of sp³-hybridized carbons (Fsp3) is 0.600. The summed E-state index contributed by atoms with van der Waals surface area (Å²) in [6.07, 6.45) is -9.49. The van der Waals surface area contributed by atoms with Crippen molar-refractivity contribution in [3.05, 3.63) is 163 Å². The molecule has 0 aliphatic carbocycles. The maximum atomic E-state index is 13.6. The number of hydrogen-bond donors (Lipinski definition) is 0. The fourth-order valence-corrected chi connectivity index (χ4v) is 12.6. The summed E-state index contributed by atoms with van der Waals surface area (Å²) < 4.78 is 386. The van der Waals surface area contributed by atoms with Gasteiger partial charge in [-0.05, 0) is 118 Å². The molecule has 116 heavy (non-hydrogen) atoms. The summed E-state index contributed by atoms with van der Waals surface area (Å²) in [5, 5.41) is 28.1. The monoisotopic (exact) mass is 1650 g/mol. The van der Waals surface area contributed by atoms with Gasteiger partial charge in [0.25, 0.3) is 0 Å². The molecule has 12 rings (SSSR count). The maximum Gasteiger partial charge on any atom is 0.363 e. The molecule has 632 valence electrons. The van der Waals surface area contributed by atoms with E-state index >= 15 is 0 Å². The number of hydrogen-bond acceptors (Lipinski definition) is 24. The Morgan fingerprint density at radius 3 is 0.871 bits per heavy atom. The summed E-state index contributed by atoms with van der Waals surface area (Å²) in [5.41, 5.74) is -12.7. The Bertz CT molecular complexity index is 6790. The lowest BCUT2D eigenvalue weighted by Crippen LogP contribution is -2.59. The minimum atomic E-state index is -3.47. The highest BCUT2D eigenvalue weighted by Gasteiger charge is 2.47. The third kappa shape index (κ3) is 21.6. The first kappa shape index (κ1) is 46.8. The van der Waals surface area contributed by atoms with Gasteiger partial charge in [-0.15, -0.1) is 0 Å². The van der Waals surface area contributed by atoms with Crippen molar-refractivity contribution < 1.29 is 98.4 Å². The van der Waals surface area contributed by atoms with Crippen LogP contribution >= 0.6 is 0 Å². The number of ether oxygens (including phenoxy) is 4. The molecule has 36 heteroatoms. The number of carbonyl (C=O) groups is 4. The first-order valence-electron chi connectivity index (χ1n) is 58.4. The quantitative estimate of drug-likeness (QED) is 0.0478. The molecule has 8 heterocycles. The van der Waals surface area contributed by atoms with Crippen LogP contribution in [-0.2, 0) is 90.3 Å². The molecule has 0 unspecified atom stereocenters. The van der Waals surface area contributed by atoms with Crippen LogP contribution in [0.3, 0.4) is 0 Å². The highest BCUT2D eigenvalue weighted by molar-refractivity contribution is 5.96. The van der Waals surface area contributed by atoms with E-state index in [0.717, 1.165) is 55.1 Å². The molecule has 4 saturated heterocycles. The minimum Gasteiger partial charge on any atom is -0.358 e. The molecule has 4 fully saturated rings. The van der Waals surface area contributed by atoms with Gasteiger partial charge >= 0.3 is 22.8 Å². The molecule has 4 aromatic carbocycles. The maximum absolute atomic E-state index is 13.6. The van der Waals surface area contributed by atoms with Crippen molar-refractivity contribution in [2.45, 2.75) is 207 Å². The zero-order chi connectivity index (χ0) is 122. The Hall–Kier alpha value is -10.1. The van der Waals surface area contributed by atoms with Crippen LogP contribution in [0.25, 0.3) is 0 Å². The van der Waals surface area contributed by atoms with Crippen LogP contribution in [0.4, 0.5) is 22.7 Å². The number of amides is 4. The number of likely N-dealkylation sites (tertiary alicyclic amines) is 4. The van der Waals surface area contributed by atoms with E-state index in [4.69, 9.17) is 79.3 Å². The first-order valence-corrected chi connectivity index (χ1v) is 36.4. The molecule has 4 aliphatic heterocycles. The van der Waals surface area contributed by atoms with Crippen molar-refractivity contribution in [1.82, 2.24) is 98.8 Å². The van der Waals surface area contributed by atoms with Gasteiger partial charge in [0.05, 0.1) is 61.6 Å². The Morgan fingerprint density at radius 1 is 0.353 bits per heavy atom. The minimum absolute atomic E-state index is 0.0592. The van der Waals surface area contributed by atoms with Crippen molar-refractivity contribution in [2.24, 2.45) is 0 Å². The zero-order valence-corrected chi connectivity index (χ0v) is 65.1. The van der Waals surface area contributed by atoms with Crippen LogP contribution in [0.1, 0.15) is 193 Å². The molecule has 0 spiro atoms. The Labute approximate surface area is 739 Å². The third-order valence-corrected chi connectivity index (χ3v) is 19.0. The van der Waals surface area contributed by atoms with Crippen molar-refractivity contribution in [3.63, 3.8) is 0 Å². The van der Waals surface area contributed by atoms with Gasteiger partial charge in [0.1, 0.15) is 22.9 Å². The van der Waals surface area contributed by atoms with Gasteiger partial charge in [0.2, 0.25) is 23.6 Å². The van der Waals surface area contributed by atoms with Crippen LogP contribution in [0, 0.1) is 0 Å². The molecule has 4 aliphatic rings. The van der Waals surface area contributed by atoms with Crippen LogP contribution in [0.15, 0.2) is 140 Å². The lowest BCUT2D eigenvalue weighted by Gasteiger charge is -2.47. The van der Waals surface area contributed by atoms with E-state index in [9.17, 15) is 38.4 Å². The van der Waals surface area contributed by atoms with Crippen LogP contribution < -0.4 is 42.4 Å². The van der Waals surface area contributed by atoms with E-state index in [0.29, 0.717) is 23.8 Å².